The molecule has 2 rings (SSSR count). The highest BCUT2D eigenvalue weighted by molar-refractivity contribution is 5.85. The monoisotopic (exact) mass is 270 g/mol. The van der Waals surface area contributed by atoms with E-state index in [1.807, 2.05) is 38.2 Å². The van der Waals surface area contributed by atoms with Gasteiger partial charge in [-0.2, -0.15) is 5.26 Å². The minimum atomic E-state index is -0.782. The van der Waals surface area contributed by atoms with Gasteiger partial charge in [0.15, 0.2) is 0 Å². The van der Waals surface area contributed by atoms with Crippen LogP contribution in [0.15, 0.2) is 24.3 Å². The van der Waals surface area contributed by atoms with Crippen LogP contribution in [0.4, 0.5) is 0 Å². The Bertz CT molecular complexity index is 524. The second kappa shape index (κ2) is 6.09. The fraction of sp³-hybridized carbons (Fsp3) is 0.529. The molecule has 1 saturated carbocycles. The summed E-state index contributed by atoms with van der Waals surface area (Å²) in [6, 6.07) is 10.4. The number of carbonyl (C=O) groups excluding carboxylic acids is 1. The van der Waals surface area contributed by atoms with Crippen LogP contribution in [-0.4, -0.2) is 17.9 Å². The number of benzene rings is 1. The minimum Gasteiger partial charge on any atom is -0.340 e. The van der Waals surface area contributed by atoms with Crippen LogP contribution in [0.25, 0.3) is 0 Å². The van der Waals surface area contributed by atoms with E-state index in [4.69, 9.17) is 0 Å². The van der Waals surface area contributed by atoms with Crippen LogP contribution >= 0.6 is 0 Å². The quantitative estimate of drug-likeness (QED) is 0.844. The van der Waals surface area contributed by atoms with Gasteiger partial charge in [0.1, 0.15) is 5.41 Å². The molecule has 0 atom stereocenters. The molecule has 1 aliphatic carbocycles. The molecule has 106 valence electrons. The van der Waals surface area contributed by atoms with E-state index >= 15 is 0 Å². The molecule has 1 amide bonds. The Balaban J connectivity index is 2.12. The molecule has 3 nitrogen and oxygen atoms in total. The fourth-order valence-electron chi connectivity index (χ4n) is 3.01. The first-order valence-electron chi connectivity index (χ1n) is 7.30. The minimum absolute atomic E-state index is 0.0112. The van der Waals surface area contributed by atoms with Gasteiger partial charge in [0, 0.05) is 13.6 Å². The van der Waals surface area contributed by atoms with Gasteiger partial charge in [-0.25, -0.2) is 0 Å². The van der Waals surface area contributed by atoms with Gasteiger partial charge in [-0.3, -0.25) is 4.79 Å². The molecule has 1 fully saturated rings. The molecule has 20 heavy (non-hydrogen) atoms. The van der Waals surface area contributed by atoms with Crippen molar-refractivity contribution in [3.8, 4) is 6.07 Å². The number of nitrogens with zero attached hydrogens (tertiary/aromatic N) is 2. The van der Waals surface area contributed by atoms with E-state index in [2.05, 4.69) is 6.07 Å². The van der Waals surface area contributed by atoms with Gasteiger partial charge in [0.2, 0.25) is 5.91 Å². The first-order valence-corrected chi connectivity index (χ1v) is 7.30. The number of aryl methyl sites for hydroxylation is 1. The summed E-state index contributed by atoms with van der Waals surface area (Å²) in [7, 11) is 1.81. The van der Waals surface area contributed by atoms with E-state index in [1.165, 1.54) is 5.56 Å². The SMILES string of the molecule is Cc1ccccc1CN(C)C(=O)C1(C#N)CCCCC1. The van der Waals surface area contributed by atoms with Crippen LogP contribution in [0.2, 0.25) is 0 Å². The molecular formula is C17H22N2O. The molecule has 0 saturated heterocycles. The van der Waals surface area contributed by atoms with Crippen molar-refractivity contribution in [3.05, 3.63) is 35.4 Å². The van der Waals surface area contributed by atoms with Crippen molar-refractivity contribution in [2.24, 2.45) is 5.41 Å². The summed E-state index contributed by atoms with van der Waals surface area (Å²) in [5.41, 5.74) is 1.55. The molecule has 3 heteroatoms. The van der Waals surface area contributed by atoms with E-state index in [0.717, 1.165) is 24.8 Å². The molecule has 0 N–H and O–H groups in total. The van der Waals surface area contributed by atoms with Crippen molar-refractivity contribution in [1.29, 1.82) is 5.26 Å². The normalized spacial score (nSPS) is 17.2. The summed E-state index contributed by atoms with van der Waals surface area (Å²) in [5, 5.41) is 9.48. The van der Waals surface area contributed by atoms with Crippen LogP contribution < -0.4 is 0 Å². The van der Waals surface area contributed by atoms with Gasteiger partial charge in [-0.05, 0) is 30.9 Å². The second-order valence-corrected chi connectivity index (χ2v) is 5.84. The van der Waals surface area contributed by atoms with Gasteiger partial charge in [-0.1, -0.05) is 43.5 Å². The molecule has 1 aromatic carbocycles. The summed E-state index contributed by atoms with van der Waals surface area (Å²) < 4.78 is 0. The standard InChI is InChI=1S/C17H22N2O/c1-14-8-4-5-9-15(14)12-19(2)16(20)17(13-18)10-6-3-7-11-17/h4-5,8-9H,3,6-7,10-12H2,1-2H3. The van der Waals surface area contributed by atoms with Gasteiger partial charge in [-0.15, -0.1) is 0 Å². The van der Waals surface area contributed by atoms with Crippen LogP contribution in [0.1, 0.15) is 43.2 Å². The van der Waals surface area contributed by atoms with Crippen LogP contribution in [0, 0.1) is 23.7 Å². The predicted octanol–water partition coefficient (Wildman–Crippen LogP) is 3.43. The number of hydrogen-bond donors (Lipinski definition) is 0. The van der Waals surface area contributed by atoms with E-state index in [-0.39, 0.29) is 5.91 Å². The van der Waals surface area contributed by atoms with Crippen molar-refractivity contribution in [3.63, 3.8) is 0 Å². The lowest BCUT2D eigenvalue weighted by atomic mass is 9.74. The lowest BCUT2D eigenvalue weighted by Crippen LogP contribution is -2.42. The van der Waals surface area contributed by atoms with Gasteiger partial charge >= 0.3 is 0 Å². The van der Waals surface area contributed by atoms with E-state index in [9.17, 15) is 10.1 Å². The highest BCUT2D eigenvalue weighted by Crippen LogP contribution is 2.37. The first-order chi connectivity index (χ1) is 9.59. The van der Waals surface area contributed by atoms with Crippen molar-refractivity contribution < 1.29 is 4.79 Å². The Morgan fingerprint density at radius 3 is 2.55 bits per heavy atom. The van der Waals surface area contributed by atoms with Gasteiger partial charge in [0.05, 0.1) is 6.07 Å². The zero-order valence-electron chi connectivity index (χ0n) is 12.4. The number of carbonyl (C=O) groups is 1. The molecule has 0 radical (unpaired) electrons. The smallest absolute Gasteiger partial charge is 0.243 e. The zero-order chi connectivity index (χ0) is 14.6. The van der Waals surface area contributed by atoms with Gasteiger partial charge < -0.3 is 4.90 Å². The predicted molar refractivity (Wildman–Crippen MR) is 78.8 cm³/mol. The summed E-state index contributed by atoms with van der Waals surface area (Å²) in [5.74, 6) is -0.0112. The third-order valence-corrected chi connectivity index (χ3v) is 4.35. The Kier molecular flexibility index (Phi) is 4.44. The van der Waals surface area contributed by atoms with Crippen LogP contribution in [-0.2, 0) is 11.3 Å². The summed E-state index contributed by atoms with van der Waals surface area (Å²) >= 11 is 0. The van der Waals surface area contributed by atoms with E-state index in [1.54, 1.807) is 4.90 Å². The molecule has 0 spiro atoms. The summed E-state index contributed by atoms with van der Waals surface area (Å²) in [6.07, 6.45) is 4.52. The van der Waals surface area contributed by atoms with Crippen LogP contribution in [0.3, 0.4) is 0 Å². The molecule has 1 aromatic rings. The maximum absolute atomic E-state index is 12.7. The maximum atomic E-state index is 12.7. The molecule has 0 heterocycles. The van der Waals surface area contributed by atoms with Crippen molar-refractivity contribution in [2.45, 2.75) is 45.6 Å². The van der Waals surface area contributed by atoms with Gasteiger partial charge in [0.25, 0.3) is 0 Å². The maximum Gasteiger partial charge on any atom is 0.243 e. The van der Waals surface area contributed by atoms with Crippen molar-refractivity contribution in [1.82, 2.24) is 4.90 Å². The van der Waals surface area contributed by atoms with Crippen LogP contribution in [0.5, 0.6) is 0 Å². The fourth-order valence-corrected chi connectivity index (χ4v) is 3.01. The third kappa shape index (κ3) is 2.85. The highest BCUT2D eigenvalue weighted by atomic mass is 16.2. The van der Waals surface area contributed by atoms with E-state index < -0.39 is 5.41 Å². The average molecular weight is 270 g/mol. The van der Waals surface area contributed by atoms with Crippen molar-refractivity contribution in [2.75, 3.05) is 7.05 Å². The summed E-state index contributed by atoms with van der Waals surface area (Å²) in [6.45, 7) is 2.63. The number of nitriles is 1. The number of rotatable bonds is 3. The average Bonchev–Trinajstić information content (AvgIpc) is 2.49. The second-order valence-electron chi connectivity index (χ2n) is 5.84. The molecular weight excluding hydrogens is 248 g/mol. The Morgan fingerprint density at radius 1 is 1.30 bits per heavy atom. The Labute approximate surface area is 121 Å². The largest absolute Gasteiger partial charge is 0.340 e. The van der Waals surface area contributed by atoms with Crippen molar-refractivity contribution >= 4 is 5.91 Å². The number of amides is 1. The molecule has 1 aliphatic rings. The molecule has 0 aliphatic heterocycles. The van der Waals surface area contributed by atoms with E-state index in [0.29, 0.717) is 19.4 Å². The topological polar surface area (TPSA) is 44.1 Å². The molecule has 0 bridgehead atoms. The summed E-state index contributed by atoms with van der Waals surface area (Å²) in [4.78, 5) is 14.4. The lowest BCUT2D eigenvalue weighted by molar-refractivity contribution is -0.139. The highest BCUT2D eigenvalue weighted by Gasteiger charge is 2.41. The zero-order valence-corrected chi connectivity index (χ0v) is 12.4. The number of hydrogen-bond acceptors (Lipinski definition) is 2. The Morgan fingerprint density at radius 2 is 1.95 bits per heavy atom. The third-order valence-electron chi connectivity index (χ3n) is 4.35. The first kappa shape index (κ1) is 14.6. The molecule has 0 aromatic heterocycles. The lowest BCUT2D eigenvalue weighted by Gasteiger charge is -2.33. The Hall–Kier alpha value is -1.82. The molecule has 0 unspecified atom stereocenters.